The van der Waals surface area contributed by atoms with Gasteiger partial charge in [-0.2, -0.15) is 0 Å². The van der Waals surface area contributed by atoms with Gasteiger partial charge in [-0.05, 0) is 55.5 Å². The number of halogens is 1. The number of anilines is 1. The topological polar surface area (TPSA) is 109 Å². The van der Waals surface area contributed by atoms with E-state index < -0.39 is 28.4 Å². The minimum atomic E-state index is -3.93. The average molecular weight is 476 g/mol. The van der Waals surface area contributed by atoms with Crippen molar-refractivity contribution in [3.8, 4) is 0 Å². The normalized spacial score (nSPS) is 11.2. The van der Waals surface area contributed by atoms with Gasteiger partial charge < -0.3 is 14.6 Å². The zero-order valence-electron chi connectivity index (χ0n) is 17.2. The van der Waals surface area contributed by atoms with E-state index in [2.05, 4.69) is 10.0 Å². The first kappa shape index (κ1) is 23.5. The fraction of sp³-hybridized carbons (Fsp3) is 0.182. The number of nitrogens with zero attached hydrogens (tertiary/aromatic N) is 1. The van der Waals surface area contributed by atoms with E-state index in [9.17, 15) is 18.0 Å². The van der Waals surface area contributed by atoms with Gasteiger partial charge in [0.1, 0.15) is 12.3 Å². The molecule has 0 aliphatic carbocycles. The maximum atomic E-state index is 12.9. The van der Waals surface area contributed by atoms with Crippen LogP contribution in [0.4, 0.5) is 5.69 Å². The van der Waals surface area contributed by atoms with Crippen LogP contribution in [0, 0.1) is 6.92 Å². The molecule has 0 fully saturated rings. The van der Waals surface area contributed by atoms with Crippen LogP contribution < -0.4 is 14.9 Å². The van der Waals surface area contributed by atoms with Gasteiger partial charge in [-0.3, -0.25) is 9.59 Å². The van der Waals surface area contributed by atoms with Crippen molar-refractivity contribution in [1.82, 2.24) is 10.0 Å². The maximum Gasteiger partial charge on any atom is 0.242 e. The average Bonchev–Trinajstić information content (AvgIpc) is 3.29. The number of furan rings is 1. The van der Waals surface area contributed by atoms with Crippen molar-refractivity contribution in [2.45, 2.75) is 18.4 Å². The largest absolute Gasteiger partial charge is 0.467 e. The molecule has 2 N–H and O–H groups in total. The van der Waals surface area contributed by atoms with Crippen LogP contribution in [0.3, 0.4) is 0 Å². The van der Waals surface area contributed by atoms with Gasteiger partial charge in [-0.1, -0.05) is 29.3 Å². The number of benzene rings is 2. The molecule has 0 aliphatic heterocycles. The Morgan fingerprint density at radius 3 is 2.34 bits per heavy atom. The van der Waals surface area contributed by atoms with Crippen LogP contribution in [-0.2, 0) is 26.2 Å². The first-order valence-electron chi connectivity index (χ1n) is 9.66. The van der Waals surface area contributed by atoms with Gasteiger partial charge in [0.25, 0.3) is 0 Å². The lowest BCUT2D eigenvalue weighted by Crippen LogP contribution is -2.45. The molecule has 168 valence electrons. The fourth-order valence-electron chi connectivity index (χ4n) is 2.80. The molecule has 0 saturated carbocycles. The van der Waals surface area contributed by atoms with Crippen LogP contribution in [0.25, 0.3) is 0 Å². The van der Waals surface area contributed by atoms with Gasteiger partial charge in [-0.25, -0.2) is 13.1 Å². The molecule has 0 saturated heterocycles. The van der Waals surface area contributed by atoms with Crippen molar-refractivity contribution in [1.29, 1.82) is 0 Å². The molecule has 8 nitrogen and oxygen atoms in total. The zero-order valence-corrected chi connectivity index (χ0v) is 18.8. The summed E-state index contributed by atoms with van der Waals surface area (Å²) < 4.78 is 32.4. The third-order valence-electron chi connectivity index (χ3n) is 4.53. The molecule has 10 heteroatoms. The molecule has 0 radical (unpaired) electrons. The molecule has 1 aromatic heterocycles. The highest BCUT2D eigenvalue weighted by atomic mass is 35.5. The van der Waals surface area contributed by atoms with Gasteiger partial charge in [-0.15, -0.1) is 0 Å². The molecular formula is C22H22ClN3O5S. The van der Waals surface area contributed by atoms with Crippen LogP contribution in [-0.4, -0.2) is 33.3 Å². The third-order valence-corrected chi connectivity index (χ3v) is 6.19. The second-order valence-electron chi connectivity index (χ2n) is 6.95. The number of carbonyl (C=O) groups excluding carboxylic acids is 2. The van der Waals surface area contributed by atoms with Crippen LogP contribution in [0.5, 0.6) is 0 Å². The van der Waals surface area contributed by atoms with Gasteiger partial charge in [0.05, 0.1) is 24.2 Å². The zero-order chi connectivity index (χ0) is 23.1. The van der Waals surface area contributed by atoms with Crippen molar-refractivity contribution >= 4 is 39.1 Å². The summed E-state index contributed by atoms with van der Waals surface area (Å²) in [5.74, 6) is -0.433. The van der Waals surface area contributed by atoms with E-state index in [1.165, 1.54) is 35.4 Å². The molecule has 3 rings (SSSR count). The number of nitrogens with one attached hydrogen (secondary N) is 2. The standard InChI is InChI=1S/C22H22ClN3O5S/c1-16-4-8-18(9-5-16)26(15-21(27)24-13-19-3-2-12-31-19)22(28)14-25-32(29,30)20-10-6-17(23)7-11-20/h2-12,25H,13-15H2,1H3,(H,24,27). The van der Waals surface area contributed by atoms with Crippen LogP contribution in [0.2, 0.25) is 5.02 Å². The lowest BCUT2D eigenvalue weighted by atomic mass is 10.2. The van der Waals surface area contributed by atoms with E-state index in [1.807, 2.05) is 6.92 Å². The van der Waals surface area contributed by atoms with E-state index in [0.717, 1.165) is 5.56 Å². The summed E-state index contributed by atoms with van der Waals surface area (Å²) in [5, 5.41) is 3.07. The SMILES string of the molecule is Cc1ccc(N(CC(=O)NCc2ccco2)C(=O)CNS(=O)(=O)c2ccc(Cl)cc2)cc1. The summed E-state index contributed by atoms with van der Waals surface area (Å²) in [4.78, 5) is 26.6. The number of hydrogen-bond acceptors (Lipinski definition) is 5. The molecule has 0 atom stereocenters. The number of carbonyl (C=O) groups is 2. The van der Waals surface area contributed by atoms with Crippen LogP contribution in [0.15, 0.2) is 76.2 Å². The number of amides is 2. The molecular weight excluding hydrogens is 454 g/mol. The maximum absolute atomic E-state index is 12.9. The first-order chi connectivity index (χ1) is 15.2. The number of sulfonamides is 1. The summed E-state index contributed by atoms with van der Waals surface area (Å²) in [6.45, 7) is 1.26. The summed E-state index contributed by atoms with van der Waals surface area (Å²) in [5.41, 5.74) is 1.45. The molecule has 0 spiro atoms. The lowest BCUT2D eigenvalue weighted by Gasteiger charge is -2.23. The molecule has 0 bridgehead atoms. The van der Waals surface area contributed by atoms with Gasteiger partial charge >= 0.3 is 0 Å². The number of rotatable bonds is 9. The highest BCUT2D eigenvalue weighted by Crippen LogP contribution is 2.16. The summed E-state index contributed by atoms with van der Waals surface area (Å²) in [6, 6.07) is 16.0. The quantitative estimate of drug-likeness (QED) is 0.494. The molecule has 3 aromatic rings. The summed E-state index contributed by atoms with van der Waals surface area (Å²) in [7, 11) is -3.93. The molecule has 2 aromatic carbocycles. The monoisotopic (exact) mass is 475 g/mol. The third kappa shape index (κ3) is 6.43. The second-order valence-corrected chi connectivity index (χ2v) is 9.15. The Balaban J connectivity index is 1.70. The van der Waals surface area contributed by atoms with Gasteiger partial charge in [0, 0.05) is 10.7 Å². The molecule has 1 heterocycles. The minimum Gasteiger partial charge on any atom is -0.467 e. The highest BCUT2D eigenvalue weighted by molar-refractivity contribution is 7.89. The Labute approximate surface area is 191 Å². The van der Waals surface area contributed by atoms with Crippen molar-refractivity contribution < 1.29 is 22.4 Å². The number of hydrogen-bond donors (Lipinski definition) is 2. The van der Waals surface area contributed by atoms with Gasteiger partial charge in [0.2, 0.25) is 21.8 Å². The van der Waals surface area contributed by atoms with Crippen LogP contribution >= 0.6 is 11.6 Å². The smallest absolute Gasteiger partial charge is 0.242 e. The molecule has 0 unspecified atom stereocenters. The summed E-state index contributed by atoms with van der Waals surface area (Å²) in [6.07, 6.45) is 1.50. The molecule has 0 aliphatic rings. The number of aryl methyl sites for hydroxylation is 1. The van der Waals surface area contributed by atoms with E-state index in [4.69, 9.17) is 16.0 Å². The predicted molar refractivity (Wildman–Crippen MR) is 121 cm³/mol. The van der Waals surface area contributed by atoms with Crippen molar-refractivity contribution in [3.05, 3.63) is 83.3 Å². The highest BCUT2D eigenvalue weighted by Gasteiger charge is 2.22. The molecule has 32 heavy (non-hydrogen) atoms. The van der Waals surface area contributed by atoms with Crippen molar-refractivity contribution in [3.63, 3.8) is 0 Å². The molecule has 2 amide bonds. The van der Waals surface area contributed by atoms with E-state index >= 15 is 0 Å². The minimum absolute atomic E-state index is 0.0206. The summed E-state index contributed by atoms with van der Waals surface area (Å²) >= 11 is 5.80. The van der Waals surface area contributed by atoms with Crippen molar-refractivity contribution in [2.24, 2.45) is 0 Å². The Bertz CT molecular complexity index is 1160. The second kappa shape index (κ2) is 10.4. The Morgan fingerprint density at radius 2 is 1.72 bits per heavy atom. The van der Waals surface area contributed by atoms with Crippen molar-refractivity contribution in [2.75, 3.05) is 18.0 Å². The van der Waals surface area contributed by atoms with E-state index in [1.54, 1.807) is 36.4 Å². The Hall–Kier alpha value is -3.14. The van der Waals surface area contributed by atoms with Crippen LogP contribution in [0.1, 0.15) is 11.3 Å². The Morgan fingerprint density at radius 1 is 1.03 bits per heavy atom. The Kier molecular flexibility index (Phi) is 7.68. The lowest BCUT2D eigenvalue weighted by molar-refractivity contribution is -0.123. The van der Waals surface area contributed by atoms with Gasteiger partial charge in [0.15, 0.2) is 0 Å². The first-order valence-corrected chi connectivity index (χ1v) is 11.5. The van der Waals surface area contributed by atoms with E-state index in [-0.39, 0.29) is 18.0 Å². The predicted octanol–water partition coefficient (Wildman–Crippen LogP) is 2.87. The fourth-order valence-corrected chi connectivity index (χ4v) is 3.90. The van der Waals surface area contributed by atoms with E-state index in [0.29, 0.717) is 16.5 Å².